The Hall–Kier alpha value is -1.75. The van der Waals surface area contributed by atoms with Crippen molar-refractivity contribution >= 4 is 11.7 Å². The number of hydrogen-bond acceptors (Lipinski definition) is 3. The molecule has 0 unspecified atom stereocenters. The van der Waals surface area contributed by atoms with Crippen LogP contribution in [0.5, 0.6) is 0 Å². The molecule has 0 aliphatic heterocycles. The van der Waals surface area contributed by atoms with Crippen LogP contribution in [0.3, 0.4) is 0 Å². The number of rotatable bonds is 7. The first-order valence-corrected chi connectivity index (χ1v) is 8.99. The molecular weight excluding hydrogens is 302 g/mol. The van der Waals surface area contributed by atoms with Crippen molar-refractivity contribution in [2.75, 3.05) is 38.7 Å². The van der Waals surface area contributed by atoms with E-state index in [-0.39, 0.29) is 12.6 Å². The van der Waals surface area contributed by atoms with E-state index in [1.54, 1.807) is 0 Å². The number of nitrogens with one attached hydrogen (secondary N) is 1. The van der Waals surface area contributed by atoms with E-state index >= 15 is 0 Å². The molecule has 5 nitrogen and oxygen atoms in total. The number of amides is 2. The molecule has 0 radical (unpaired) electrons. The molecule has 134 valence electrons. The van der Waals surface area contributed by atoms with Crippen LogP contribution in [-0.4, -0.2) is 55.9 Å². The van der Waals surface area contributed by atoms with Crippen molar-refractivity contribution in [1.82, 2.24) is 10.2 Å². The van der Waals surface area contributed by atoms with Gasteiger partial charge in [0.25, 0.3) is 0 Å². The Bertz CT molecular complexity index is 487. The number of anilines is 1. The number of aliphatic hydroxyl groups is 1. The minimum absolute atomic E-state index is 0.0183. The molecule has 2 amide bonds. The zero-order valence-corrected chi connectivity index (χ0v) is 14.9. The van der Waals surface area contributed by atoms with Gasteiger partial charge in [-0.3, -0.25) is 0 Å². The fraction of sp³-hybridized carbons (Fsp3) is 0.632. The molecule has 0 aromatic heterocycles. The average Bonchev–Trinajstić information content (AvgIpc) is 2.65. The predicted molar refractivity (Wildman–Crippen MR) is 98.3 cm³/mol. The molecule has 2 rings (SSSR count). The Morgan fingerprint density at radius 2 is 1.83 bits per heavy atom. The standard InChI is InChI=1S/C19H31N3O2/c1-21(17-7-4-3-5-8-17)14-6-13-20-19(24)22(2)18-11-9-16(15-23)10-12-18/h3-5,7-8,16,18,23H,6,9-15H2,1-2H3,(H,20,24). The van der Waals surface area contributed by atoms with E-state index in [1.165, 1.54) is 5.69 Å². The molecule has 1 fully saturated rings. The quantitative estimate of drug-likeness (QED) is 0.754. The SMILES string of the molecule is CN(CCCNC(=O)N(C)C1CCC(CO)CC1)c1ccccc1. The smallest absolute Gasteiger partial charge is 0.317 e. The number of urea groups is 1. The number of benzene rings is 1. The summed E-state index contributed by atoms with van der Waals surface area (Å²) in [6.07, 6.45) is 4.93. The molecule has 1 saturated carbocycles. The lowest BCUT2D eigenvalue weighted by molar-refractivity contribution is 0.134. The molecule has 24 heavy (non-hydrogen) atoms. The minimum atomic E-state index is 0.0183. The first kappa shape index (κ1) is 18.6. The van der Waals surface area contributed by atoms with E-state index in [0.29, 0.717) is 18.5 Å². The van der Waals surface area contributed by atoms with E-state index in [1.807, 2.05) is 30.1 Å². The molecule has 0 heterocycles. The zero-order valence-electron chi connectivity index (χ0n) is 14.9. The highest BCUT2D eigenvalue weighted by Crippen LogP contribution is 2.26. The third-order valence-electron chi connectivity index (χ3n) is 5.09. The lowest BCUT2D eigenvalue weighted by atomic mass is 9.86. The summed E-state index contributed by atoms with van der Waals surface area (Å²) in [5.41, 5.74) is 1.20. The summed E-state index contributed by atoms with van der Waals surface area (Å²) >= 11 is 0. The van der Waals surface area contributed by atoms with Crippen molar-refractivity contribution in [2.45, 2.75) is 38.1 Å². The van der Waals surface area contributed by atoms with Gasteiger partial charge in [-0.1, -0.05) is 18.2 Å². The van der Waals surface area contributed by atoms with E-state index in [4.69, 9.17) is 0 Å². The van der Waals surface area contributed by atoms with Crippen LogP contribution in [0.15, 0.2) is 30.3 Å². The molecule has 1 aliphatic carbocycles. The van der Waals surface area contributed by atoms with Crippen LogP contribution in [-0.2, 0) is 0 Å². The highest BCUT2D eigenvalue weighted by molar-refractivity contribution is 5.74. The summed E-state index contributed by atoms with van der Waals surface area (Å²) in [7, 11) is 3.96. The topological polar surface area (TPSA) is 55.8 Å². The molecule has 1 aromatic carbocycles. The first-order valence-electron chi connectivity index (χ1n) is 8.99. The third kappa shape index (κ3) is 5.41. The van der Waals surface area contributed by atoms with Crippen LogP contribution >= 0.6 is 0 Å². The zero-order chi connectivity index (χ0) is 17.4. The highest BCUT2D eigenvalue weighted by atomic mass is 16.3. The number of nitrogens with zero attached hydrogens (tertiary/aromatic N) is 2. The summed E-state index contributed by atoms with van der Waals surface area (Å²) < 4.78 is 0. The summed E-state index contributed by atoms with van der Waals surface area (Å²) in [4.78, 5) is 16.3. The first-order chi connectivity index (χ1) is 11.6. The van der Waals surface area contributed by atoms with Crippen LogP contribution < -0.4 is 10.2 Å². The Morgan fingerprint density at radius 3 is 2.46 bits per heavy atom. The summed E-state index contributed by atoms with van der Waals surface area (Å²) in [6.45, 7) is 1.87. The van der Waals surface area contributed by atoms with E-state index in [9.17, 15) is 9.90 Å². The van der Waals surface area contributed by atoms with Gasteiger partial charge in [-0.2, -0.15) is 0 Å². The number of carbonyl (C=O) groups is 1. The maximum absolute atomic E-state index is 12.3. The van der Waals surface area contributed by atoms with Gasteiger partial charge < -0.3 is 20.2 Å². The van der Waals surface area contributed by atoms with E-state index in [0.717, 1.165) is 38.6 Å². The van der Waals surface area contributed by atoms with Gasteiger partial charge in [-0.05, 0) is 50.2 Å². The van der Waals surface area contributed by atoms with E-state index < -0.39 is 0 Å². The van der Waals surface area contributed by atoms with Gasteiger partial charge in [0.2, 0.25) is 0 Å². The molecule has 5 heteroatoms. The van der Waals surface area contributed by atoms with Crippen LogP contribution in [0.25, 0.3) is 0 Å². The van der Waals surface area contributed by atoms with Gasteiger partial charge in [0.05, 0.1) is 0 Å². The van der Waals surface area contributed by atoms with Gasteiger partial charge in [-0.25, -0.2) is 4.79 Å². The Labute approximate surface area is 145 Å². The lowest BCUT2D eigenvalue weighted by Gasteiger charge is -2.34. The second-order valence-electron chi connectivity index (χ2n) is 6.81. The van der Waals surface area contributed by atoms with Crippen molar-refractivity contribution in [2.24, 2.45) is 5.92 Å². The van der Waals surface area contributed by atoms with Crippen molar-refractivity contribution in [3.05, 3.63) is 30.3 Å². The molecule has 0 saturated heterocycles. The van der Waals surface area contributed by atoms with Crippen LogP contribution in [0.1, 0.15) is 32.1 Å². The van der Waals surface area contributed by atoms with Crippen molar-refractivity contribution < 1.29 is 9.90 Å². The van der Waals surface area contributed by atoms with Crippen molar-refractivity contribution in [3.63, 3.8) is 0 Å². The van der Waals surface area contributed by atoms with Gasteiger partial charge in [0, 0.05) is 45.5 Å². The monoisotopic (exact) mass is 333 g/mol. The van der Waals surface area contributed by atoms with Crippen LogP contribution in [0, 0.1) is 5.92 Å². The lowest BCUT2D eigenvalue weighted by Crippen LogP contribution is -2.45. The maximum atomic E-state index is 12.3. The number of carbonyl (C=O) groups excluding carboxylic acids is 1. The van der Waals surface area contributed by atoms with Gasteiger partial charge in [0.1, 0.15) is 0 Å². The highest BCUT2D eigenvalue weighted by Gasteiger charge is 2.25. The molecular formula is C19H31N3O2. The molecule has 1 aliphatic rings. The van der Waals surface area contributed by atoms with E-state index in [2.05, 4.69) is 29.4 Å². The van der Waals surface area contributed by atoms with Crippen LogP contribution in [0.2, 0.25) is 0 Å². The van der Waals surface area contributed by atoms with Crippen molar-refractivity contribution in [3.8, 4) is 0 Å². The van der Waals surface area contributed by atoms with Gasteiger partial charge >= 0.3 is 6.03 Å². The molecule has 0 bridgehead atoms. The maximum Gasteiger partial charge on any atom is 0.317 e. The predicted octanol–water partition coefficient (Wildman–Crippen LogP) is 2.71. The average molecular weight is 333 g/mol. The molecule has 0 spiro atoms. The molecule has 0 atom stereocenters. The summed E-state index contributed by atoms with van der Waals surface area (Å²) in [5, 5.41) is 12.2. The fourth-order valence-electron chi connectivity index (χ4n) is 3.33. The third-order valence-corrected chi connectivity index (χ3v) is 5.09. The Balaban J connectivity index is 1.64. The normalized spacial score (nSPS) is 20.5. The van der Waals surface area contributed by atoms with Crippen LogP contribution in [0.4, 0.5) is 10.5 Å². The second-order valence-corrected chi connectivity index (χ2v) is 6.81. The molecule has 1 aromatic rings. The van der Waals surface area contributed by atoms with Gasteiger partial charge in [-0.15, -0.1) is 0 Å². The second kappa shape index (κ2) is 9.52. The van der Waals surface area contributed by atoms with Crippen molar-refractivity contribution in [1.29, 1.82) is 0 Å². The summed E-state index contributed by atoms with van der Waals surface area (Å²) in [6, 6.07) is 10.6. The largest absolute Gasteiger partial charge is 0.396 e. The van der Waals surface area contributed by atoms with Gasteiger partial charge in [0.15, 0.2) is 0 Å². The Kier molecular flexibility index (Phi) is 7.37. The number of para-hydroxylation sites is 1. The summed E-state index contributed by atoms with van der Waals surface area (Å²) in [5.74, 6) is 0.422. The fourth-order valence-corrected chi connectivity index (χ4v) is 3.33. The minimum Gasteiger partial charge on any atom is -0.396 e. The Morgan fingerprint density at radius 1 is 1.17 bits per heavy atom. The molecule has 2 N–H and O–H groups in total. The number of hydrogen-bond donors (Lipinski definition) is 2. The number of aliphatic hydroxyl groups excluding tert-OH is 1.